The maximum atomic E-state index is 4.68. The summed E-state index contributed by atoms with van der Waals surface area (Å²) in [4.78, 5) is 13.2. The van der Waals surface area contributed by atoms with Gasteiger partial charge in [-0.2, -0.15) is 0 Å². The predicted molar refractivity (Wildman–Crippen MR) is 83.3 cm³/mol. The van der Waals surface area contributed by atoms with Crippen molar-refractivity contribution in [2.24, 2.45) is 0 Å². The Labute approximate surface area is 121 Å². The first-order valence-electron chi connectivity index (χ1n) is 6.60. The molecule has 0 saturated carbocycles. The first kappa shape index (κ1) is 13.0. The highest BCUT2D eigenvalue weighted by Gasteiger charge is 2.11. The number of para-hydroxylation sites is 1. The molecule has 5 heteroatoms. The van der Waals surface area contributed by atoms with Crippen molar-refractivity contribution in [3.05, 3.63) is 47.2 Å². The largest absolute Gasteiger partial charge is 0.354 e. The minimum absolute atomic E-state index is 0.331. The van der Waals surface area contributed by atoms with Gasteiger partial charge in [0, 0.05) is 24.9 Å². The van der Waals surface area contributed by atoms with Gasteiger partial charge >= 0.3 is 0 Å². The van der Waals surface area contributed by atoms with Gasteiger partial charge in [-0.05, 0) is 24.6 Å². The van der Waals surface area contributed by atoms with Gasteiger partial charge in [0.05, 0.1) is 15.2 Å². The molecule has 2 heterocycles. The van der Waals surface area contributed by atoms with E-state index in [2.05, 4.69) is 39.3 Å². The molecule has 4 nitrogen and oxygen atoms in total. The minimum Gasteiger partial charge on any atom is -0.354 e. The number of nitrogens with zero attached hydrogens (tertiary/aromatic N) is 3. The van der Waals surface area contributed by atoms with Gasteiger partial charge in [0.1, 0.15) is 0 Å². The van der Waals surface area contributed by atoms with Gasteiger partial charge in [0.2, 0.25) is 5.95 Å². The number of benzene rings is 1. The van der Waals surface area contributed by atoms with Crippen LogP contribution in [0.25, 0.3) is 10.2 Å². The van der Waals surface area contributed by atoms with Crippen molar-refractivity contribution in [3.8, 4) is 0 Å². The van der Waals surface area contributed by atoms with Crippen LogP contribution in [0.5, 0.6) is 0 Å². The molecule has 0 amide bonds. The molecule has 0 spiro atoms. The van der Waals surface area contributed by atoms with Crippen LogP contribution in [-0.2, 0) is 0 Å². The molecule has 3 aromatic rings. The summed E-state index contributed by atoms with van der Waals surface area (Å²) in [5, 5.41) is 4.40. The highest BCUT2D eigenvalue weighted by Crippen LogP contribution is 2.27. The van der Waals surface area contributed by atoms with Crippen LogP contribution in [0.1, 0.15) is 23.4 Å². The van der Waals surface area contributed by atoms with Gasteiger partial charge in [0.25, 0.3) is 0 Å². The van der Waals surface area contributed by atoms with Crippen LogP contribution in [0.2, 0.25) is 0 Å². The van der Waals surface area contributed by atoms with Crippen molar-refractivity contribution in [2.75, 3.05) is 11.9 Å². The summed E-state index contributed by atoms with van der Waals surface area (Å²) in [6.45, 7) is 4.93. The van der Waals surface area contributed by atoms with Crippen molar-refractivity contribution in [1.29, 1.82) is 0 Å². The number of aryl methyl sites for hydroxylation is 1. The number of nitrogens with one attached hydrogen (secondary N) is 1. The van der Waals surface area contributed by atoms with Crippen LogP contribution in [0.15, 0.2) is 36.7 Å². The zero-order chi connectivity index (χ0) is 13.9. The number of thiazole rings is 1. The highest BCUT2D eigenvalue weighted by atomic mass is 32.1. The van der Waals surface area contributed by atoms with E-state index in [9.17, 15) is 0 Å². The Morgan fingerprint density at radius 3 is 2.70 bits per heavy atom. The fourth-order valence-electron chi connectivity index (χ4n) is 1.92. The molecule has 1 unspecified atom stereocenters. The molecule has 0 bridgehead atoms. The van der Waals surface area contributed by atoms with Gasteiger partial charge in [-0.15, -0.1) is 11.3 Å². The Morgan fingerprint density at radius 2 is 1.95 bits per heavy atom. The lowest BCUT2D eigenvalue weighted by Crippen LogP contribution is -2.11. The van der Waals surface area contributed by atoms with E-state index in [1.807, 2.05) is 31.5 Å². The molecule has 1 atom stereocenters. The molecule has 20 heavy (non-hydrogen) atoms. The average molecular weight is 284 g/mol. The summed E-state index contributed by atoms with van der Waals surface area (Å²) < 4.78 is 1.24. The normalized spacial score (nSPS) is 12.5. The monoisotopic (exact) mass is 284 g/mol. The summed E-state index contributed by atoms with van der Waals surface area (Å²) in [5.41, 5.74) is 2.14. The molecule has 102 valence electrons. The second-order valence-electron chi connectivity index (χ2n) is 4.89. The van der Waals surface area contributed by atoms with Crippen molar-refractivity contribution in [1.82, 2.24) is 15.0 Å². The van der Waals surface area contributed by atoms with Crippen LogP contribution in [0.3, 0.4) is 0 Å². The maximum absolute atomic E-state index is 4.68. The van der Waals surface area contributed by atoms with Crippen molar-refractivity contribution >= 4 is 27.5 Å². The molecule has 1 N–H and O–H groups in total. The van der Waals surface area contributed by atoms with E-state index in [0.717, 1.165) is 22.6 Å². The zero-order valence-electron chi connectivity index (χ0n) is 11.5. The Hall–Kier alpha value is -2.01. The van der Waals surface area contributed by atoms with Crippen LogP contribution in [-0.4, -0.2) is 21.5 Å². The summed E-state index contributed by atoms with van der Waals surface area (Å²) in [7, 11) is 0. The zero-order valence-corrected chi connectivity index (χ0v) is 12.3. The topological polar surface area (TPSA) is 50.7 Å². The Balaban J connectivity index is 1.69. The van der Waals surface area contributed by atoms with Gasteiger partial charge in [-0.3, -0.25) is 0 Å². The molecular weight excluding hydrogens is 268 g/mol. The standard InChI is InChI=1S/C15H16N4S/c1-10-7-16-15(17-8-10)18-9-11(2)14-19-12-5-3-4-6-13(12)20-14/h3-8,11H,9H2,1-2H3,(H,16,17,18). The molecule has 0 radical (unpaired) electrons. The van der Waals surface area contributed by atoms with Crippen molar-refractivity contribution < 1.29 is 0 Å². The third-order valence-corrected chi connectivity index (χ3v) is 4.35. The fourth-order valence-corrected chi connectivity index (χ4v) is 2.94. The second kappa shape index (κ2) is 5.54. The molecule has 0 saturated heterocycles. The van der Waals surface area contributed by atoms with Crippen molar-refractivity contribution in [2.45, 2.75) is 19.8 Å². The van der Waals surface area contributed by atoms with E-state index in [4.69, 9.17) is 0 Å². The number of hydrogen-bond donors (Lipinski definition) is 1. The smallest absolute Gasteiger partial charge is 0.222 e. The summed E-state index contributed by atoms with van der Waals surface area (Å²) in [6.07, 6.45) is 3.63. The van der Waals surface area contributed by atoms with Gasteiger partial charge in [-0.1, -0.05) is 19.1 Å². The first-order valence-corrected chi connectivity index (χ1v) is 7.42. The van der Waals surface area contributed by atoms with E-state index < -0.39 is 0 Å². The number of aromatic nitrogens is 3. The minimum atomic E-state index is 0.331. The van der Waals surface area contributed by atoms with Gasteiger partial charge < -0.3 is 5.32 Å². The second-order valence-corrected chi connectivity index (χ2v) is 5.95. The third kappa shape index (κ3) is 2.77. The summed E-state index contributed by atoms with van der Waals surface area (Å²) >= 11 is 1.75. The number of fused-ring (bicyclic) bond motifs is 1. The van der Waals surface area contributed by atoms with Crippen LogP contribution >= 0.6 is 11.3 Å². The lowest BCUT2D eigenvalue weighted by Gasteiger charge is -2.09. The quantitative estimate of drug-likeness (QED) is 0.795. The molecule has 0 aliphatic heterocycles. The number of anilines is 1. The van der Waals surface area contributed by atoms with Crippen LogP contribution < -0.4 is 5.32 Å². The van der Waals surface area contributed by atoms with E-state index in [0.29, 0.717) is 11.9 Å². The fraction of sp³-hybridized carbons (Fsp3) is 0.267. The highest BCUT2D eigenvalue weighted by molar-refractivity contribution is 7.18. The van der Waals surface area contributed by atoms with Crippen LogP contribution in [0, 0.1) is 6.92 Å². The molecule has 1 aromatic carbocycles. The van der Waals surface area contributed by atoms with Crippen LogP contribution in [0.4, 0.5) is 5.95 Å². The van der Waals surface area contributed by atoms with E-state index >= 15 is 0 Å². The van der Waals surface area contributed by atoms with E-state index in [1.165, 1.54) is 4.70 Å². The summed E-state index contributed by atoms with van der Waals surface area (Å²) in [6, 6.07) is 8.24. The molecule has 0 aliphatic rings. The number of rotatable bonds is 4. The van der Waals surface area contributed by atoms with E-state index in [1.54, 1.807) is 11.3 Å². The molecular formula is C15H16N4S. The molecule has 2 aromatic heterocycles. The lowest BCUT2D eigenvalue weighted by molar-refractivity contribution is 0.790. The molecule has 3 rings (SSSR count). The third-order valence-electron chi connectivity index (χ3n) is 3.08. The van der Waals surface area contributed by atoms with Crippen molar-refractivity contribution in [3.63, 3.8) is 0 Å². The number of hydrogen-bond acceptors (Lipinski definition) is 5. The molecule has 0 aliphatic carbocycles. The Bertz CT molecular complexity index is 672. The Kier molecular flexibility index (Phi) is 3.60. The first-order chi connectivity index (χ1) is 9.72. The SMILES string of the molecule is Cc1cnc(NCC(C)c2nc3ccccc3s2)nc1. The van der Waals surface area contributed by atoms with E-state index in [-0.39, 0.29) is 0 Å². The van der Waals surface area contributed by atoms with Gasteiger partial charge in [0.15, 0.2) is 0 Å². The Morgan fingerprint density at radius 1 is 1.20 bits per heavy atom. The predicted octanol–water partition coefficient (Wildman–Crippen LogP) is 3.61. The summed E-state index contributed by atoms with van der Waals surface area (Å²) in [5.74, 6) is 1.00. The molecule has 0 fully saturated rings. The average Bonchev–Trinajstić information content (AvgIpc) is 2.90. The lowest BCUT2D eigenvalue weighted by atomic mass is 10.2. The van der Waals surface area contributed by atoms with Gasteiger partial charge in [-0.25, -0.2) is 15.0 Å². The maximum Gasteiger partial charge on any atom is 0.222 e.